The van der Waals surface area contributed by atoms with Crippen LogP contribution in [0.5, 0.6) is 0 Å². The summed E-state index contributed by atoms with van der Waals surface area (Å²) in [4.78, 5) is 28.7. The molecule has 0 spiro atoms. The molecule has 2 amide bonds. The minimum Gasteiger partial charge on any atom is -0.340 e. The Bertz CT molecular complexity index is 459. The molecular weight excluding hydrogens is 274 g/mol. The Hall–Kier alpha value is -0.750. The summed E-state index contributed by atoms with van der Waals surface area (Å²) in [6.07, 6.45) is 1.48. The summed E-state index contributed by atoms with van der Waals surface area (Å²) in [6, 6.07) is -0.216. The van der Waals surface area contributed by atoms with E-state index in [4.69, 9.17) is 0 Å². The molecule has 0 saturated carbocycles. The Balaban J connectivity index is 1.51. The summed E-state index contributed by atoms with van der Waals surface area (Å²) in [7, 11) is 0. The fraction of sp³-hybridized carbons (Fsp3) is 0.857. The Labute approximate surface area is 123 Å². The van der Waals surface area contributed by atoms with E-state index < -0.39 is 0 Å². The molecule has 4 aliphatic rings. The summed E-state index contributed by atoms with van der Waals surface area (Å²) < 4.78 is 0. The van der Waals surface area contributed by atoms with Crippen molar-refractivity contribution < 1.29 is 9.59 Å². The number of rotatable bonds is 1. The SMILES string of the molecule is CC12CCC(=O)N1C(C(=O)N1C[C@H]3CNC[C@H]3C1)CS2. The van der Waals surface area contributed by atoms with Gasteiger partial charge in [0.1, 0.15) is 6.04 Å². The van der Waals surface area contributed by atoms with Gasteiger partial charge in [0.05, 0.1) is 4.87 Å². The van der Waals surface area contributed by atoms with Crippen LogP contribution in [0.3, 0.4) is 0 Å². The molecule has 0 aliphatic carbocycles. The van der Waals surface area contributed by atoms with Crippen LogP contribution in [0.15, 0.2) is 0 Å². The van der Waals surface area contributed by atoms with Gasteiger partial charge in [-0.05, 0) is 25.2 Å². The quantitative estimate of drug-likeness (QED) is 0.746. The van der Waals surface area contributed by atoms with Crippen molar-refractivity contribution in [1.82, 2.24) is 15.1 Å². The number of fused-ring (bicyclic) bond motifs is 2. The second-order valence-corrected chi connectivity index (χ2v) is 8.19. The van der Waals surface area contributed by atoms with Crippen LogP contribution in [0.2, 0.25) is 0 Å². The zero-order chi connectivity index (χ0) is 13.9. The first-order valence-electron chi connectivity index (χ1n) is 7.54. The van der Waals surface area contributed by atoms with Crippen LogP contribution in [0.1, 0.15) is 19.8 Å². The van der Waals surface area contributed by atoms with Crippen molar-refractivity contribution in [1.29, 1.82) is 0 Å². The third kappa shape index (κ3) is 1.73. The molecule has 4 heterocycles. The number of amides is 2. The lowest BCUT2D eigenvalue weighted by atomic mass is 10.0. The highest BCUT2D eigenvalue weighted by Gasteiger charge is 2.54. The Morgan fingerprint density at radius 2 is 2.05 bits per heavy atom. The van der Waals surface area contributed by atoms with Crippen LogP contribution in [-0.2, 0) is 9.59 Å². The van der Waals surface area contributed by atoms with E-state index in [1.165, 1.54) is 0 Å². The highest BCUT2D eigenvalue weighted by Crippen LogP contribution is 2.47. The lowest BCUT2D eigenvalue weighted by Gasteiger charge is -2.32. The van der Waals surface area contributed by atoms with Gasteiger partial charge in [-0.3, -0.25) is 9.59 Å². The fourth-order valence-electron chi connectivity index (χ4n) is 4.25. The number of nitrogens with one attached hydrogen (secondary N) is 1. The van der Waals surface area contributed by atoms with Crippen LogP contribution in [0.25, 0.3) is 0 Å². The Kier molecular flexibility index (Phi) is 2.83. The van der Waals surface area contributed by atoms with Crippen molar-refractivity contribution in [2.75, 3.05) is 31.9 Å². The molecule has 4 saturated heterocycles. The molecule has 4 rings (SSSR count). The molecule has 1 N–H and O–H groups in total. The van der Waals surface area contributed by atoms with Gasteiger partial charge < -0.3 is 15.1 Å². The van der Waals surface area contributed by atoms with E-state index in [0.29, 0.717) is 18.3 Å². The number of carbonyl (C=O) groups excluding carboxylic acids is 2. The topological polar surface area (TPSA) is 52.7 Å². The maximum absolute atomic E-state index is 12.8. The van der Waals surface area contributed by atoms with Gasteiger partial charge in [-0.15, -0.1) is 11.8 Å². The maximum Gasteiger partial charge on any atom is 0.246 e. The second-order valence-electron chi connectivity index (χ2n) is 6.69. The van der Waals surface area contributed by atoms with Crippen LogP contribution in [-0.4, -0.2) is 64.5 Å². The van der Waals surface area contributed by atoms with Crippen molar-refractivity contribution >= 4 is 23.6 Å². The first-order chi connectivity index (χ1) is 9.58. The molecular formula is C14H21N3O2S. The second kappa shape index (κ2) is 4.37. The first-order valence-corrected chi connectivity index (χ1v) is 8.53. The van der Waals surface area contributed by atoms with Crippen molar-refractivity contribution in [3.05, 3.63) is 0 Å². The van der Waals surface area contributed by atoms with Crippen LogP contribution < -0.4 is 5.32 Å². The smallest absolute Gasteiger partial charge is 0.246 e. The van der Waals surface area contributed by atoms with Crippen molar-refractivity contribution in [2.45, 2.75) is 30.7 Å². The molecule has 0 aromatic rings. The van der Waals surface area contributed by atoms with Gasteiger partial charge in [0, 0.05) is 38.4 Å². The molecule has 4 aliphatic heterocycles. The van der Waals surface area contributed by atoms with E-state index in [-0.39, 0.29) is 22.7 Å². The zero-order valence-electron chi connectivity index (χ0n) is 11.8. The molecule has 110 valence electrons. The minimum absolute atomic E-state index is 0.130. The predicted octanol–water partition coefficient (Wildman–Crippen LogP) is 0.118. The number of likely N-dealkylation sites (tertiary alicyclic amines) is 1. The number of carbonyl (C=O) groups is 2. The lowest BCUT2D eigenvalue weighted by Crippen LogP contribution is -2.51. The average molecular weight is 295 g/mol. The van der Waals surface area contributed by atoms with E-state index in [2.05, 4.69) is 12.2 Å². The third-order valence-electron chi connectivity index (χ3n) is 5.43. The monoisotopic (exact) mass is 295 g/mol. The molecule has 5 nitrogen and oxygen atoms in total. The molecule has 0 aromatic carbocycles. The van der Waals surface area contributed by atoms with Crippen molar-refractivity contribution in [3.8, 4) is 0 Å². The summed E-state index contributed by atoms with van der Waals surface area (Å²) in [5.74, 6) is 2.36. The molecule has 2 unspecified atom stereocenters. The maximum atomic E-state index is 12.8. The highest BCUT2D eigenvalue weighted by molar-refractivity contribution is 8.01. The number of hydrogen-bond donors (Lipinski definition) is 1. The van der Waals surface area contributed by atoms with E-state index in [9.17, 15) is 9.59 Å². The van der Waals surface area contributed by atoms with Gasteiger partial charge in [-0.25, -0.2) is 0 Å². The van der Waals surface area contributed by atoms with Gasteiger partial charge >= 0.3 is 0 Å². The molecule has 0 radical (unpaired) electrons. The molecule has 6 heteroatoms. The zero-order valence-corrected chi connectivity index (χ0v) is 12.6. The van der Waals surface area contributed by atoms with Crippen molar-refractivity contribution in [2.24, 2.45) is 11.8 Å². The Morgan fingerprint density at radius 1 is 1.35 bits per heavy atom. The molecule has 4 atom stereocenters. The van der Waals surface area contributed by atoms with Gasteiger partial charge in [0.15, 0.2) is 0 Å². The van der Waals surface area contributed by atoms with Gasteiger partial charge in [0.2, 0.25) is 11.8 Å². The average Bonchev–Trinajstić information content (AvgIpc) is 3.10. The minimum atomic E-state index is -0.216. The standard InChI is InChI=1S/C14H21N3O2S/c1-14-3-2-12(18)17(14)11(8-20-14)13(19)16-6-9-4-15-5-10(9)7-16/h9-11,15H,2-8H2,1H3/t9-,10+,11?,14?. The van der Waals surface area contributed by atoms with Crippen molar-refractivity contribution in [3.63, 3.8) is 0 Å². The highest BCUT2D eigenvalue weighted by atomic mass is 32.2. The molecule has 0 aromatic heterocycles. The van der Waals surface area contributed by atoms with Crippen LogP contribution in [0, 0.1) is 11.8 Å². The van der Waals surface area contributed by atoms with Crippen LogP contribution >= 0.6 is 11.8 Å². The van der Waals surface area contributed by atoms with E-state index >= 15 is 0 Å². The number of thioether (sulfide) groups is 1. The normalized spacial score (nSPS) is 43.2. The summed E-state index contributed by atoms with van der Waals surface area (Å²) in [5, 5.41) is 3.40. The predicted molar refractivity (Wildman–Crippen MR) is 77.2 cm³/mol. The number of hydrogen-bond acceptors (Lipinski definition) is 4. The largest absolute Gasteiger partial charge is 0.340 e. The number of nitrogens with zero attached hydrogens (tertiary/aromatic N) is 2. The first kappa shape index (κ1) is 13.0. The Morgan fingerprint density at radius 3 is 2.75 bits per heavy atom. The van der Waals surface area contributed by atoms with Gasteiger partial charge in [-0.2, -0.15) is 0 Å². The summed E-state index contributed by atoms with van der Waals surface area (Å²) in [5.41, 5.74) is 0. The summed E-state index contributed by atoms with van der Waals surface area (Å²) >= 11 is 1.78. The van der Waals surface area contributed by atoms with E-state index in [1.807, 2.05) is 9.80 Å². The fourth-order valence-corrected chi connectivity index (χ4v) is 5.67. The van der Waals surface area contributed by atoms with E-state index in [0.717, 1.165) is 38.4 Å². The van der Waals surface area contributed by atoms with Gasteiger partial charge in [-0.1, -0.05) is 0 Å². The van der Waals surface area contributed by atoms with Gasteiger partial charge in [0.25, 0.3) is 0 Å². The molecule has 20 heavy (non-hydrogen) atoms. The summed E-state index contributed by atoms with van der Waals surface area (Å²) in [6.45, 7) is 5.92. The molecule has 0 bridgehead atoms. The lowest BCUT2D eigenvalue weighted by molar-refractivity contribution is -0.143. The molecule has 4 fully saturated rings. The van der Waals surface area contributed by atoms with Crippen LogP contribution in [0.4, 0.5) is 0 Å². The van der Waals surface area contributed by atoms with E-state index in [1.54, 1.807) is 11.8 Å². The third-order valence-corrected chi connectivity index (χ3v) is 6.94.